The molecule has 1 amide bonds. The minimum absolute atomic E-state index is 0.00871. The Bertz CT molecular complexity index is 2080. The van der Waals surface area contributed by atoms with Gasteiger partial charge in [0.15, 0.2) is 0 Å². The number of nitrogens with zero attached hydrogens (tertiary/aromatic N) is 1. The Kier molecular flexibility index (Phi) is 17.7. The first-order valence-corrected chi connectivity index (χ1v) is 24.1. The third kappa shape index (κ3) is 11.7. The highest BCUT2D eigenvalue weighted by atomic mass is 16.7. The number of carbonyl (C=O) groups is 4. The van der Waals surface area contributed by atoms with Crippen LogP contribution in [-0.4, -0.2) is 126 Å². The van der Waals surface area contributed by atoms with Crippen LogP contribution in [-0.2, 0) is 42.9 Å². The van der Waals surface area contributed by atoms with Gasteiger partial charge in [0.05, 0.1) is 30.5 Å². The van der Waals surface area contributed by atoms with Gasteiger partial charge in [0, 0.05) is 74.8 Å². The van der Waals surface area contributed by atoms with Crippen molar-refractivity contribution in [2.45, 2.75) is 160 Å². The molecule has 4 heterocycles. The van der Waals surface area contributed by atoms with Crippen molar-refractivity contribution < 1.29 is 53.1 Å². The van der Waals surface area contributed by atoms with E-state index in [0.717, 1.165) is 35.0 Å². The number of hydrogen-bond acceptors (Lipinski definition) is 12. The van der Waals surface area contributed by atoms with Crippen molar-refractivity contribution in [3.05, 3.63) is 66.4 Å². The first-order valence-electron chi connectivity index (χ1n) is 24.1. The largest absolute Gasteiger partial charge is 0.456 e. The van der Waals surface area contributed by atoms with Crippen LogP contribution in [0.2, 0.25) is 0 Å². The number of anilines is 1. The van der Waals surface area contributed by atoms with Crippen LogP contribution >= 0.6 is 0 Å². The molecule has 14 nitrogen and oxygen atoms in total. The number of fused-ring (bicyclic) bond motifs is 4. The summed E-state index contributed by atoms with van der Waals surface area (Å²) >= 11 is 0. The molecule has 2 aromatic rings. The summed E-state index contributed by atoms with van der Waals surface area (Å²) in [5, 5.41) is 28.8. The summed E-state index contributed by atoms with van der Waals surface area (Å²) in [5.74, 6) is -7.64. The van der Waals surface area contributed by atoms with Crippen LogP contribution in [0.3, 0.4) is 0 Å². The summed E-state index contributed by atoms with van der Waals surface area (Å²) in [5.41, 5.74) is 3.74. The molecule has 66 heavy (non-hydrogen) atoms. The van der Waals surface area contributed by atoms with Crippen molar-refractivity contribution in [3.63, 3.8) is 0 Å². The quantitative estimate of drug-likeness (QED) is 0.113. The number of Topliss-reactive ketones (excluding diaryl/α,β-unsaturated/α-hetero) is 2. The molecule has 14 heteroatoms. The molecule has 14 unspecified atom stereocenters. The van der Waals surface area contributed by atoms with Crippen LogP contribution in [0, 0.1) is 29.6 Å². The molecule has 14 atom stereocenters. The van der Waals surface area contributed by atoms with E-state index in [-0.39, 0.29) is 55.6 Å². The number of aliphatic hydroxyl groups is 2. The summed E-state index contributed by atoms with van der Waals surface area (Å²) < 4.78 is 30.5. The summed E-state index contributed by atoms with van der Waals surface area (Å²) in [6, 6.07) is 7.19. The number of hydrogen-bond donors (Lipinski definition) is 4. The molecule has 4 aliphatic rings. The number of aromatic nitrogens is 1. The molecule has 364 valence electrons. The summed E-state index contributed by atoms with van der Waals surface area (Å²) in [6.45, 7) is 13.3. The number of ketones is 2. The zero-order valence-electron chi connectivity index (χ0n) is 40.3. The van der Waals surface area contributed by atoms with Gasteiger partial charge in [-0.3, -0.25) is 14.4 Å². The maximum Gasteiger partial charge on any atom is 0.329 e. The van der Waals surface area contributed by atoms with E-state index in [1.54, 1.807) is 27.0 Å². The SMILES string of the molecule is C=CCC1/C=C(\C)CC(C)CC(OC)C2OC(O)(C(=O)C(=O)N3CCCCC3C(=O)OC(C(C)=CC3CCC(Nc4ccc5[nH]ccc5c4)C(OC)C3)C(C)C(O)CC1=O)C(C)CC2OC. The van der Waals surface area contributed by atoms with Crippen LogP contribution in [0.15, 0.2) is 66.4 Å². The number of methoxy groups -OCH3 is 3. The van der Waals surface area contributed by atoms with Gasteiger partial charge in [0.2, 0.25) is 5.79 Å². The van der Waals surface area contributed by atoms with Crippen molar-refractivity contribution in [1.82, 2.24) is 9.88 Å². The molecular weight excluding hydrogens is 843 g/mol. The number of ether oxygens (including phenoxy) is 5. The van der Waals surface area contributed by atoms with Gasteiger partial charge in [-0.05, 0) is 120 Å². The lowest BCUT2D eigenvalue weighted by molar-refractivity contribution is -0.302. The van der Waals surface area contributed by atoms with Crippen LogP contribution in [0.25, 0.3) is 10.9 Å². The first-order chi connectivity index (χ1) is 31.5. The van der Waals surface area contributed by atoms with Gasteiger partial charge >= 0.3 is 5.97 Å². The second-order valence-electron chi connectivity index (χ2n) is 19.7. The fourth-order valence-electron chi connectivity index (χ4n) is 11.0. The Morgan fingerprint density at radius 2 is 1.70 bits per heavy atom. The number of piperidine rings is 1. The molecule has 2 bridgehead atoms. The number of cyclic esters (lactones) is 1. The summed E-state index contributed by atoms with van der Waals surface area (Å²) in [4.78, 5) is 61.9. The zero-order chi connectivity index (χ0) is 47.9. The second kappa shape index (κ2) is 22.7. The molecule has 6 rings (SSSR count). The number of benzene rings is 1. The van der Waals surface area contributed by atoms with Crippen LogP contribution in [0.5, 0.6) is 0 Å². The van der Waals surface area contributed by atoms with Gasteiger partial charge in [-0.25, -0.2) is 4.79 Å². The number of amides is 1. The average Bonchev–Trinajstić information content (AvgIpc) is 3.78. The highest BCUT2D eigenvalue weighted by molar-refractivity contribution is 6.39. The molecule has 1 aromatic heterocycles. The fraction of sp³-hybridized carbons (Fsp3) is 0.654. The van der Waals surface area contributed by atoms with E-state index in [4.69, 9.17) is 23.7 Å². The monoisotopic (exact) mass is 918 g/mol. The van der Waals surface area contributed by atoms with Crippen LogP contribution < -0.4 is 5.32 Å². The Hall–Kier alpha value is -4.18. The number of allylic oxidation sites excluding steroid dienone is 4. The molecule has 0 radical (unpaired) electrons. The summed E-state index contributed by atoms with van der Waals surface area (Å²) in [7, 11) is 4.78. The third-order valence-electron chi connectivity index (χ3n) is 14.8. The van der Waals surface area contributed by atoms with Gasteiger partial charge in [0.1, 0.15) is 24.0 Å². The first kappa shape index (κ1) is 51.2. The number of H-pyrrole nitrogens is 1. The Balaban J connectivity index is 1.31. The van der Waals surface area contributed by atoms with Gasteiger partial charge in [-0.2, -0.15) is 0 Å². The van der Waals surface area contributed by atoms with Crippen LogP contribution in [0.4, 0.5) is 5.69 Å². The van der Waals surface area contributed by atoms with E-state index in [0.29, 0.717) is 44.1 Å². The number of aliphatic hydroxyl groups excluding tert-OH is 1. The number of nitrogens with one attached hydrogen (secondary N) is 2. The molecule has 1 aliphatic carbocycles. The van der Waals surface area contributed by atoms with Gasteiger partial charge in [0.25, 0.3) is 11.7 Å². The normalized spacial score (nSPS) is 37.0. The van der Waals surface area contributed by atoms with E-state index >= 15 is 0 Å². The predicted molar refractivity (Wildman–Crippen MR) is 252 cm³/mol. The lowest BCUT2D eigenvalue weighted by atomic mass is 9.80. The molecule has 1 saturated carbocycles. The predicted octanol–water partition coefficient (Wildman–Crippen LogP) is 7.24. The molecular formula is C52H75N3O11. The van der Waals surface area contributed by atoms with E-state index in [9.17, 15) is 29.4 Å². The minimum Gasteiger partial charge on any atom is -0.456 e. The van der Waals surface area contributed by atoms with Gasteiger partial charge in [-0.1, -0.05) is 44.6 Å². The van der Waals surface area contributed by atoms with Gasteiger partial charge < -0.3 is 49.1 Å². The van der Waals surface area contributed by atoms with Crippen molar-refractivity contribution in [3.8, 4) is 0 Å². The number of rotatable bonds is 9. The molecule has 3 fully saturated rings. The standard InChI is InChI=1S/C52H75N3O11/c1-10-13-37-23-30(2)22-31(3)24-45(63-8)48-46(64-9)26-33(5)52(61,66-48)49(58)50(59)55-21-12-11-14-41(55)51(60)65-47(34(6)42(56)29-43(37)57)32(4)25-35-15-17-40(44(27-35)62-7)54-38-16-18-39-36(28-38)19-20-53-39/h10,16,18-20,23,25,28,31,33-35,37,40-42,44-48,53-54,56,61H,1,11-15,17,21-22,24,26-27,29H2,2-9H3/b30-23+,32-25?. The van der Waals surface area contributed by atoms with E-state index < -0.39 is 77.8 Å². The topological polar surface area (TPSA) is 186 Å². The second-order valence-corrected chi connectivity index (χ2v) is 19.7. The third-order valence-corrected chi connectivity index (χ3v) is 14.8. The Morgan fingerprint density at radius 3 is 2.41 bits per heavy atom. The molecule has 2 saturated heterocycles. The molecule has 0 spiro atoms. The highest BCUT2D eigenvalue weighted by Gasteiger charge is 2.56. The molecule has 1 aromatic carbocycles. The van der Waals surface area contributed by atoms with Crippen molar-refractivity contribution in [1.29, 1.82) is 0 Å². The Labute approximate surface area is 390 Å². The zero-order valence-corrected chi connectivity index (χ0v) is 40.3. The molecule has 3 aliphatic heterocycles. The fourth-order valence-corrected chi connectivity index (χ4v) is 11.0. The number of aromatic amines is 1. The smallest absolute Gasteiger partial charge is 0.329 e. The van der Waals surface area contributed by atoms with Gasteiger partial charge in [-0.15, -0.1) is 6.58 Å². The van der Waals surface area contributed by atoms with Crippen LogP contribution in [0.1, 0.15) is 105 Å². The lowest BCUT2D eigenvalue weighted by Gasteiger charge is -2.47. The maximum atomic E-state index is 14.6. The van der Waals surface area contributed by atoms with Crippen molar-refractivity contribution in [2.75, 3.05) is 33.2 Å². The minimum atomic E-state index is -2.51. The van der Waals surface area contributed by atoms with Crippen molar-refractivity contribution in [2.24, 2.45) is 29.6 Å². The van der Waals surface area contributed by atoms with E-state index in [1.807, 2.05) is 32.2 Å². The van der Waals surface area contributed by atoms with E-state index in [1.165, 1.54) is 19.1 Å². The Morgan fingerprint density at radius 1 is 0.970 bits per heavy atom. The highest BCUT2D eigenvalue weighted by Crippen LogP contribution is 2.39. The number of esters is 1. The maximum absolute atomic E-state index is 14.6. The average molecular weight is 918 g/mol. The summed E-state index contributed by atoms with van der Waals surface area (Å²) in [6.07, 6.45) is 8.44. The lowest BCUT2D eigenvalue weighted by Crippen LogP contribution is -2.64. The van der Waals surface area contributed by atoms with E-state index in [2.05, 4.69) is 48.1 Å². The van der Waals surface area contributed by atoms with Crippen molar-refractivity contribution >= 4 is 40.0 Å². The molecule has 4 N–H and O–H groups in total. The number of carbonyl (C=O) groups excluding carboxylic acids is 4.